The Bertz CT molecular complexity index is 1080. The molecular formula is C19H15NO6. The molecule has 0 fully saturated rings. The van der Waals surface area contributed by atoms with Crippen molar-refractivity contribution in [3.63, 3.8) is 0 Å². The van der Waals surface area contributed by atoms with Gasteiger partial charge in [0.15, 0.2) is 0 Å². The molecule has 0 aliphatic rings. The van der Waals surface area contributed by atoms with Gasteiger partial charge in [-0.15, -0.1) is 0 Å². The molecule has 132 valence electrons. The lowest BCUT2D eigenvalue weighted by molar-refractivity contribution is -0.131. The second-order valence-corrected chi connectivity index (χ2v) is 5.64. The molecule has 0 bridgehead atoms. The van der Waals surface area contributed by atoms with Crippen LogP contribution in [0.15, 0.2) is 53.5 Å². The number of rotatable bonds is 4. The van der Waals surface area contributed by atoms with Crippen LogP contribution in [0.5, 0.6) is 11.5 Å². The van der Waals surface area contributed by atoms with Crippen molar-refractivity contribution in [1.29, 1.82) is 0 Å². The van der Waals surface area contributed by atoms with Gasteiger partial charge in [0, 0.05) is 23.3 Å². The molecule has 0 amide bonds. The van der Waals surface area contributed by atoms with Crippen molar-refractivity contribution >= 4 is 22.8 Å². The summed E-state index contributed by atoms with van der Waals surface area (Å²) < 4.78 is 1.25. The third-order valence-electron chi connectivity index (χ3n) is 3.91. The molecule has 26 heavy (non-hydrogen) atoms. The molecule has 3 rings (SSSR count). The minimum atomic E-state index is -1.16. The van der Waals surface area contributed by atoms with Gasteiger partial charge >= 0.3 is 5.97 Å². The third kappa shape index (κ3) is 3.15. The number of hydrogen-bond acceptors (Lipinski definition) is 5. The standard InChI is InChI=1S/C19H15NO6/c21-10-11-7-15-12(1-6-17(24)25)9-20(13-2-4-14(22)5-3-13)19(26)18(15)16(23)8-11/h1-9,21-23H,10H2,(H,24,25)/b6-1+. The number of nitrogens with zero attached hydrogens (tertiary/aromatic N) is 1. The number of pyridine rings is 1. The van der Waals surface area contributed by atoms with Gasteiger partial charge in [-0.1, -0.05) is 0 Å². The molecule has 2 aromatic carbocycles. The molecule has 0 saturated carbocycles. The van der Waals surface area contributed by atoms with Gasteiger partial charge in [-0.05, 0) is 53.6 Å². The first kappa shape index (κ1) is 17.2. The van der Waals surface area contributed by atoms with Crippen LogP contribution in [0.2, 0.25) is 0 Å². The van der Waals surface area contributed by atoms with Crippen molar-refractivity contribution in [2.45, 2.75) is 6.61 Å². The highest BCUT2D eigenvalue weighted by Gasteiger charge is 2.14. The minimum absolute atomic E-state index is 0.00261. The fourth-order valence-corrected chi connectivity index (χ4v) is 2.72. The Morgan fingerprint density at radius 3 is 2.42 bits per heavy atom. The number of aliphatic carboxylic acids is 1. The zero-order valence-electron chi connectivity index (χ0n) is 13.5. The molecule has 4 N–H and O–H groups in total. The molecule has 0 unspecified atom stereocenters. The van der Waals surface area contributed by atoms with Gasteiger partial charge < -0.3 is 20.4 Å². The van der Waals surface area contributed by atoms with Gasteiger partial charge in [0.1, 0.15) is 11.5 Å². The van der Waals surface area contributed by atoms with E-state index in [1.807, 2.05) is 0 Å². The molecule has 0 spiro atoms. The normalized spacial score (nSPS) is 11.3. The van der Waals surface area contributed by atoms with Crippen LogP contribution in [0.4, 0.5) is 0 Å². The van der Waals surface area contributed by atoms with E-state index in [9.17, 15) is 24.9 Å². The van der Waals surface area contributed by atoms with Gasteiger partial charge in [0.2, 0.25) is 0 Å². The lowest BCUT2D eigenvalue weighted by Gasteiger charge is -2.12. The molecule has 7 heteroatoms. The van der Waals surface area contributed by atoms with Crippen molar-refractivity contribution in [1.82, 2.24) is 4.57 Å². The van der Waals surface area contributed by atoms with Crippen molar-refractivity contribution in [2.24, 2.45) is 0 Å². The molecule has 7 nitrogen and oxygen atoms in total. The maximum atomic E-state index is 12.9. The molecule has 1 heterocycles. The Morgan fingerprint density at radius 2 is 1.81 bits per heavy atom. The number of carboxylic acids is 1. The number of aliphatic hydroxyl groups excluding tert-OH is 1. The summed E-state index contributed by atoms with van der Waals surface area (Å²) in [5, 5.41) is 38.3. The van der Waals surface area contributed by atoms with E-state index in [1.54, 1.807) is 0 Å². The van der Waals surface area contributed by atoms with Crippen LogP contribution in [-0.2, 0) is 11.4 Å². The Morgan fingerprint density at radius 1 is 1.12 bits per heavy atom. The Labute approximate surface area is 147 Å². The van der Waals surface area contributed by atoms with E-state index in [-0.39, 0.29) is 23.5 Å². The number of phenolic OH excluding ortho intramolecular Hbond substituents is 2. The lowest BCUT2D eigenvalue weighted by Crippen LogP contribution is -2.19. The van der Waals surface area contributed by atoms with E-state index in [0.717, 1.165) is 6.08 Å². The van der Waals surface area contributed by atoms with Crippen LogP contribution in [0, 0.1) is 0 Å². The summed E-state index contributed by atoms with van der Waals surface area (Å²) in [5.41, 5.74) is 0.688. The molecule has 0 atom stereocenters. The number of fused-ring (bicyclic) bond motifs is 1. The fourth-order valence-electron chi connectivity index (χ4n) is 2.72. The topological polar surface area (TPSA) is 120 Å². The quantitative estimate of drug-likeness (QED) is 0.533. The first-order valence-electron chi connectivity index (χ1n) is 7.63. The zero-order valence-corrected chi connectivity index (χ0v) is 13.5. The predicted molar refractivity (Wildman–Crippen MR) is 95.5 cm³/mol. The van der Waals surface area contributed by atoms with E-state index in [1.165, 1.54) is 53.2 Å². The summed E-state index contributed by atoms with van der Waals surface area (Å²) in [7, 11) is 0. The highest BCUT2D eigenvalue weighted by atomic mass is 16.4. The highest BCUT2D eigenvalue weighted by molar-refractivity contribution is 5.97. The van der Waals surface area contributed by atoms with Crippen LogP contribution in [-0.4, -0.2) is 31.0 Å². The summed E-state index contributed by atoms with van der Waals surface area (Å²) in [4.78, 5) is 23.7. The average Bonchev–Trinajstić information content (AvgIpc) is 2.61. The van der Waals surface area contributed by atoms with E-state index in [4.69, 9.17) is 5.11 Å². The maximum Gasteiger partial charge on any atom is 0.328 e. The van der Waals surface area contributed by atoms with Gasteiger partial charge in [0.05, 0.1) is 12.0 Å². The average molecular weight is 353 g/mol. The van der Waals surface area contributed by atoms with Crippen LogP contribution in [0.1, 0.15) is 11.1 Å². The van der Waals surface area contributed by atoms with Crippen LogP contribution >= 0.6 is 0 Å². The van der Waals surface area contributed by atoms with Crippen molar-refractivity contribution in [2.75, 3.05) is 0 Å². The van der Waals surface area contributed by atoms with Gasteiger partial charge in [-0.25, -0.2) is 4.79 Å². The molecule has 0 radical (unpaired) electrons. The third-order valence-corrected chi connectivity index (χ3v) is 3.91. The molecule has 0 aliphatic carbocycles. The first-order valence-corrected chi connectivity index (χ1v) is 7.63. The number of aromatic hydroxyl groups is 2. The van der Waals surface area contributed by atoms with Crippen LogP contribution in [0.25, 0.3) is 22.5 Å². The second kappa shape index (κ2) is 6.73. The molecule has 0 saturated heterocycles. The lowest BCUT2D eigenvalue weighted by atomic mass is 10.0. The number of hydrogen-bond donors (Lipinski definition) is 4. The maximum absolute atomic E-state index is 12.9. The highest BCUT2D eigenvalue weighted by Crippen LogP contribution is 2.28. The van der Waals surface area contributed by atoms with Crippen molar-refractivity contribution in [3.8, 4) is 17.2 Å². The summed E-state index contributed by atoms with van der Waals surface area (Å²) in [5.74, 6) is -1.44. The number of aliphatic hydroxyl groups is 1. The SMILES string of the molecule is O=C(O)/C=C/c1cn(-c2ccc(O)cc2)c(=O)c2c(O)cc(CO)cc12. The minimum Gasteiger partial charge on any atom is -0.508 e. The number of phenols is 2. The van der Waals surface area contributed by atoms with Crippen LogP contribution in [0.3, 0.4) is 0 Å². The smallest absolute Gasteiger partial charge is 0.328 e. The molecule has 3 aromatic rings. The Kier molecular flexibility index (Phi) is 4.47. The summed E-state index contributed by atoms with van der Waals surface area (Å²) in [6, 6.07) is 8.68. The van der Waals surface area contributed by atoms with Crippen molar-refractivity contribution < 1.29 is 25.2 Å². The number of carboxylic acid groups (broad SMARTS) is 1. The van der Waals surface area contributed by atoms with E-state index in [2.05, 4.69) is 0 Å². The molecule has 0 aliphatic heterocycles. The monoisotopic (exact) mass is 353 g/mol. The number of benzene rings is 2. The van der Waals surface area contributed by atoms with E-state index >= 15 is 0 Å². The van der Waals surface area contributed by atoms with Gasteiger partial charge in [0.25, 0.3) is 5.56 Å². The molecular weight excluding hydrogens is 338 g/mol. The summed E-state index contributed by atoms with van der Waals surface area (Å²) in [6.45, 7) is -0.341. The second-order valence-electron chi connectivity index (χ2n) is 5.64. The zero-order chi connectivity index (χ0) is 18.8. The molecule has 1 aromatic heterocycles. The largest absolute Gasteiger partial charge is 0.508 e. The van der Waals surface area contributed by atoms with E-state index < -0.39 is 11.5 Å². The number of carbonyl (C=O) groups is 1. The Hall–Kier alpha value is -3.58. The summed E-state index contributed by atoms with van der Waals surface area (Å²) >= 11 is 0. The first-order chi connectivity index (χ1) is 12.4. The van der Waals surface area contributed by atoms with Gasteiger partial charge in [-0.3, -0.25) is 9.36 Å². The van der Waals surface area contributed by atoms with Gasteiger partial charge in [-0.2, -0.15) is 0 Å². The van der Waals surface area contributed by atoms with E-state index in [0.29, 0.717) is 22.2 Å². The predicted octanol–water partition coefficient (Wildman–Crippen LogP) is 1.99. The van der Waals surface area contributed by atoms with Crippen LogP contribution < -0.4 is 5.56 Å². The summed E-state index contributed by atoms with van der Waals surface area (Å²) in [6.07, 6.45) is 3.67. The fraction of sp³-hybridized carbons (Fsp3) is 0.0526. The number of aromatic nitrogens is 1. The Balaban J connectivity index is 2.39. The van der Waals surface area contributed by atoms with Crippen molar-refractivity contribution in [3.05, 3.63) is 70.2 Å².